The standard InChI is InChI=1S/C14H18N6S/c15-11-2-1-5-16-13(11)19-6-8-20(9-7-19)14-17-12(18-21-14)10-3-4-10/h1-2,5,10H,3-4,6-9,15H2. The van der Waals surface area contributed by atoms with Crippen LogP contribution < -0.4 is 15.5 Å². The number of pyridine rings is 1. The van der Waals surface area contributed by atoms with Gasteiger partial charge in [-0.05, 0) is 25.0 Å². The van der Waals surface area contributed by atoms with E-state index in [2.05, 4.69) is 24.1 Å². The summed E-state index contributed by atoms with van der Waals surface area (Å²) >= 11 is 1.53. The van der Waals surface area contributed by atoms with Crippen LogP contribution in [0.15, 0.2) is 18.3 Å². The van der Waals surface area contributed by atoms with Gasteiger partial charge in [-0.1, -0.05) is 0 Å². The molecule has 0 atom stereocenters. The second kappa shape index (κ2) is 5.14. The molecule has 2 fully saturated rings. The molecule has 6 nitrogen and oxygen atoms in total. The Morgan fingerprint density at radius 1 is 1.14 bits per heavy atom. The molecule has 0 radical (unpaired) electrons. The van der Waals surface area contributed by atoms with E-state index in [1.807, 2.05) is 12.1 Å². The highest BCUT2D eigenvalue weighted by Crippen LogP contribution is 2.39. The fourth-order valence-corrected chi connectivity index (χ4v) is 3.44. The molecule has 110 valence electrons. The lowest BCUT2D eigenvalue weighted by atomic mass is 10.3. The largest absolute Gasteiger partial charge is 0.396 e. The van der Waals surface area contributed by atoms with Gasteiger partial charge in [-0.25, -0.2) is 9.97 Å². The molecule has 7 heteroatoms. The van der Waals surface area contributed by atoms with E-state index in [1.54, 1.807) is 6.20 Å². The minimum absolute atomic E-state index is 0.629. The lowest BCUT2D eigenvalue weighted by Gasteiger charge is -2.35. The third-order valence-electron chi connectivity index (χ3n) is 4.04. The molecule has 2 aromatic rings. The Morgan fingerprint density at radius 2 is 1.90 bits per heavy atom. The second-order valence-electron chi connectivity index (χ2n) is 5.60. The Labute approximate surface area is 127 Å². The van der Waals surface area contributed by atoms with E-state index < -0.39 is 0 Å². The molecule has 2 aliphatic rings. The van der Waals surface area contributed by atoms with Gasteiger partial charge in [-0.2, -0.15) is 4.37 Å². The zero-order chi connectivity index (χ0) is 14.2. The third-order valence-corrected chi connectivity index (χ3v) is 4.83. The van der Waals surface area contributed by atoms with Crippen molar-refractivity contribution < 1.29 is 0 Å². The fraction of sp³-hybridized carbons (Fsp3) is 0.500. The molecular formula is C14H18N6S. The maximum Gasteiger partial charge on any atom is 0.205 e. The van der Waals surface area contributed by atoms with Gasteiger partial charge in [0.15, 0.2) is 5.82 Å². The average molecular weight is 302 g/mol. The number of nitrogens with zero attached hydrogens (tertiary/aromatic N) is 5. The van der Waals surface area contributed by atoms with Crippen molar-refractivity contribution in [2.45, 2.75) is 18.8 Å². The predicted octanol–water partition coefficient (Wildman–Crippen LogP) is 1.72. The van der Waals surface area contributed by atoms with Crippen molar-refractivity contribution in [3.8, 4) is 0 Å². The third kappa shape index (κ3) is 2.53. The van der Waals surface area contributed by atoms with Gasteiger partial charge < -0.3 is 15.5 Å². The smallest absolute Gasteiger partial charge is 0.205 e. The molecular weight excluding hydrogens is 284 g/mol. The maximum absolute atomic E-state index is 6.00. The molecule has 1 aliphatic carbocycles. The van der Waals surface area contributed by atoms with E-state index in [0.717, 1.165) is 48.6 Å². The molecule has 3 heterocycles. The molecule has 0 bridgehead atoms. The SMILES string of the molecule is Nc1cccnc1N1CCN(c2nc(C3CC3)ns2)CC1. The van der Waals surface area contributed by atoms with Gasteiger partial charge in [-0.15, -0.1) is 0 Å². The van der Waals surface area contributed by atoms with Crippen LogP contribution in [0.1, 0.15) is 24.6 Å². The molecule has 0 aromatic carbocycles. The van der Waals surface area contributed by atoms with Gasteiger partial charge in [0.05, 0.1) is 5.69 Å². The number of nitrogens with two attached hydrogens (primary N) is 1. The van der Waals surface area contributed by atoms with Crippen molar-refractivity contribution in [1.82, 2.24) is 14.3 Å². The highest BCUT2D eigenvalue weighted by Gasteiger charge is 2.29. The lowest BCUT2D eigenvalue weighted by molar-refractivity contribution is 0.646. The van der Waals surface area contributed by atoms with Gasteiger partial charge in [0, 0.05) is 49.8 Å². The minimum atomic E-state index is 0.629. The first kappa shape index (κ1) is 12.8. The summed E-state index contributed by atoms with van der Waals surface area (Å²) in [5.41, 5.74) is 6.75. The summed E-state index contributed by atoms with van der Waals surface area (Å²) in [7, 11) is 0. The van der Waals surface area contributed by atoms with Crippen molar-refractivity contribution >= 4 is 28.2 Å². The minimum Gasteiger partial charge on any atom is -0.396 e. The Hall–Kier alpha value is -1.89. The summed E-state index contributed by atoms with van der Waals surface area (Å²) in [5.74, 6) is 2.57. The Balaban J connectivity index is 1.43. The Bertz CT molecular complexity index is 630. The van der Waals surface area contributed by atoms with Crippen LogP contribution in [0.3, 0.4) is 0 Å². The number of hydrogen-bond donors (Lipinski definition) is 1. The van der Waals surface area contributed by atoms with Gasteiger partial charge in [0.25, 0.3) is 0 Å². The zero-order valence-corrected chi connectivity index (χ0v) is 12.6. The van der Waals surface area contributed by atoms with Crippen LogP contribution >= 0.6 is 11.5 Å². The fourth-order valence-electron chi connectivity index (χ4n) is 2.65. The summed E-state index contributed by atoms with van der Waals surface area (Å²) in [6.45, 7) is 3.71. The van der Waals surface area contributed by atoms with E-state index >= 15 is 0 Å². The van der Waals surface area contributed by atoms with Crippen LogP contribution in [0, 0.1) is 0 Å². The van der Waals surface area contributed by atoms with E-state index in [1.165, 1.54) is 24.4 Å². The maximum atomic E-state index is 6.00. The van der Waals surface area contributed by atoms with Crippen LogP contribution in [-0.4, -0.2) is 40.5 Å². The van der Waals surface area contributed by atoms with Crippen LogP contribution in [0.4, 0.5) is 16.6 Å². The molecule has 21 heavy (non-hydrogen) atoms. The van der Waals surface area contributed by atoms with E-state index in [-0.39, 0.29) is 0 Å². The molecule has 0 spiro atoms. The first-order valence-electron chi connectivity index (χ1n) is 7.35. The van der Waals surface area contributed by atoms with Crippen molar-refractivity contribution in [1.29, 1.82) is 0 Å². The molecule has 4 rings (SSSR count). The molecule has 1 saturated carbocycles. The summed E-state index contributed by atoms with van der Waals surface area (Å²) < 4.78 is 4.49. The van der Waals surface area contributed by atoms with Gasteiger partial charge >= 0.3 is 0 Å². The van der Waals surface area contributed by atoms with E-state index in [9.17, 15) is 0 Å². The second-order valence-corrected chi connectivity index (χ2v) is 6.33. The lowest BCUT2D eigenvalue weighted by Crippen LogP contribution is -2.47. The molecule has 2 aromatic heterocycles. The van der Waals surface area contributed by atoms with Gasteiger partial charge in [-0.3, -0.25) is 0 Å². The normalized spacial score (nSPS) is 19.0. The number of hydrogen-bond acceptors (Lipinski definition) is 7. The number of aromatic nitrogens is 3. The van der Waals surface area contributed by atoms with Gasteiger partial charge in [0.2, 0.25) is 5.13 Å². The van der Waals surface area contributed by atoms with Gasteiger partial charge in [0.1, 0.15) is 5.82 Å². The first-order chi connectivity index (χ1) is 10.3. The Kier molecular flexibility index (Phi) is 3.14. The Morgan fingerprint density at radius 3 is 2.62 bits per heavy atom. The zero-order valence-electron chi connectivity index (χ0n) is 11.8. The summed E-state index contributed by atoms with van der Waals surface area (Å²) in [6, 6.07) is 3.77. The number of piperazine rings is 1. The highest BCUT2D eigenvalue weighted by molar-refractivity contribution is 7.09. The summed E-state index contributed by atoms with van der Waals surface area (Å²) in [5, 5.41) is 1.06. The quantitative estimate of drug-likeness (QED) is 0.931. The van der Waals surface area contributed by atoms with Crippen LogP contribution in [-0.2, 0) is 0 Å². The molecule has 0 amide bonds. The van der Waals surface area contributed by atoms with Crippen molar-refractivity contribution in [2.24, 2.45) is 0 Å². The molecule has 2 N–H and O–H groups in total. The van der Waals surface area contributed by atoms with E-state index in [0.29, 0.717) is 5.92 Å². The van der Waals surface area contributed by atoms with Crippen molar-refractivity contribution in [3.63, 3.8) is 0 Å². The van der Waals surface area contributed by atoms with Crippen LogP contribution in [0.5, 0.6) is 0 Å². The average Bonchev–Trinajstić information content (AvgIpc) is 3.26. The first-order valence-corrected chi connectivity index (χ1v) is 8.12. The monoisotopic (exact) mass is 302 g/mol. The van der Waals surface area contributed by atoms with Crippen LogP contribution in [0.2, 0.25) is 0 Å². The van der Waals surface area contributed by atoms with E-state index in [4.69, 9.17) is 5.73 Å². The number of rotatable bonds is 3. The summed E-state index contributed by atoms with van der Waals surface area (Å²) in [4.78, 5) is 13.6. The predicted molar refractivity (Wildman–Crippen MR) is 85.0 cm³/mol. The number of anilines is 3. The number of nitrogen functional groups attached to an aromatic ring is 1. The molecule has 0 unspecified atom stereocenters. The van der Waals surface area contributed by atoms with Crippen molar-refractivity contribution in [2.75, 3.05) is 41.7 Å². The molecule has 1 aliphatic heterocycles. The topological polar surface area (TPSA) is 71.2 Å². The molecule has 1 saturated heterocycles. The van der Waals surface area contributed by atoms with Crippen molar-refractivity contribution in [3.05, 3.63) is 24.2 Å². The summed E-state index contributed by atoms with van der Waals surface area (Å²) in [6.07, 6.45) is 4.30. The van der Waals surface area contributed by atoms with Crippen LogP contribution in [0.25, 0.3) is 0 Å². The highest BCUT2D eigenvalue weighted by atomic mass is 32.1.